The second-order valence-electron chi connectivity index (χ2n) is 7.72. The van der Waals surface area contributed by atoms with Crippen LogP contribution >= 0.6 is 0 Å². The lowest BCUT2D eigenvalue weighted by Crippen LogP contribution is -2.71. The lowest BCUT2D eigenvalue weighted by molar-refractivity contribution is -0.961. The molecule has 2 N–H and O–H groups in total. The molecule has 0 radical (unpaired) electrons. The first-order valence-electron chi connectivity index (χ1n) is 8.58. The molecule has 4 heteroatoms. The molecule has 116 valence electrons. The zero-order chi connectivity index (χ0) is 14.5. The third-order valence-corrected chi connectivity index (χ3v) is 6.63. The molecule has 4 saturated heterocycles. The minimum absolute atomic E-state index is 0.188. The first kappa shape index (κ1) is 13.8. The SMILES string of the molecule is CC1(N2CCC([N+]34CCN(CC3)CC4)C2)C=CC(N)=CC1. The highest BCUT2D eigenvalue weighted by Gasteiger charge is 2.48. The maximum absolute atomic E-state index is 5.89. The van der Waals surface area contributed by atoms with Crippen molar-refractivity contribution in [2.24, 2.45) is 5.73 Å². The maximum Gasteiger partial charge on any atom is 0.103 e. The maximum atomic E-state index is 5.89. The Labute approximate surface area is 128 Å². The van der Waals surface area contributed by atoms with Crippen molar-refractivity contribution >= 4 is 0 Å². The molecule has 4 fully saturated rings. The molecule has 0 spiro atoms. The van der Waals surface area contributed by atoms with E-state index in [9.17, 15) is 0 Å². The smallest absolute Gasteiger partial charge is 0.103 e. The van der Waals surface area contributed by atoms with Gasteiger partial charge in [0.05, 0.1) is 26.2 Å². The van der Waals surface area contributed by atoms with E-state index in [0.29, 0.717) is 0 Å². The van der Waals surface area contributed by atoms with Gasteiger partial charge in [-0.1, -0.05) is 12.2 Å². The van der Waals surface area contributed by atoms with Crippen LogP contribution < -0.4 is 5.73 Å². The predicted molar refractivity (Wildman–Crippen MR) is 85.7 cm³/mol. The van der Waals surface area contributed by atoms with Crippen LogP contribution in [0.5, 0.6) is 0 Å². The van der Waals surface area contributed by atoms with Crippen molar-refractivity contribution in [2.75, 3.05) is 52.4 Å². The van der Waals surface area contributed by atoms with Crippen LogP contribution in [0.4, 0.5) is 0 Å². The van der Waals surface area contributed by atoms with Gasteiger partial charge in [0.15, 0.2) is 0 Å². The molecular formula is C17H29N4+. The Hall–Kier alpha value is -0.840. The van der Waals surface area contributed by atoms with Gasteiger partial charge in [-0.25, -0.2) is 0 Å². The quantitative estimate of drug-likeness (QED) is 0.762. The molecule has 1 aliphatic carbocycles. The number of hydrogen-bond acceptors (Lipinski definition) is 3. The molecule has 2 atom stereocenters. The highest BCUT2D eigenvalue weighted by molar-refractivity contribution is 5.26. The van der Waals surface area contributed by atoms with E-state index < -0.39 is 0 Å². The Kier molecular flexibility index (Phi) is 3.18. The number of likely N-dealkylation sites (tertiary alicyclic amines) is 1. The molecule has 5 aliphatic rings. The van der Waals surface area contributed by atoms with Gasteiger partial charge in [-0.05, 0) is 19.4 Å². The molecule has 0 aromatic rings. The van der Waals surface area contributed by atoms with Crippen molar-refractivity contribution in [3.05, 3.63) is 23.9 Å². The second-order valence-corrected chi connectivity index (χ2v) is 7.72. The van der Waals surface area contributed by atoms with Crippen molar-refractivity contribution in [1.29, 1.82) is 0 Å². The molecule has 21 heavy (non-hydrogen) atoms. The van der Waals surface area contributed by atoms with Crippen molar-refractivity contribution in [2.45, 2.75) is 31.3 Å². The van der Waals surface area contributed by atoms with E-state index in [-0.39, 0.29) is 5.54 Å². The number of allylic oxidation sites excluding steroid dienone is 1. The molecule has 2 unspecified atom stereocenters. The minimum Gasteiger partial charge on any atom is -0.399 e. The monoisotopic (exact) mass is 289 g/mol. The topological polar surface area (TPSA) is 32.5 Å². The van der Waals surface area contributed by atoms with Crippen LogP contribution in [-0.2, 0) is 0 Å². The Balaban J connectivity index is 1.47. The van der Waals surface area contributed by atoms with E-state index in [1.807, 2.05) is 0 Å². The number of nitrogens with two attached hydrogens (primary N) is 1. The fraction of sp³-hybridized carbons (Fsp3) is 0.765. The summed E-state index contributed by atoms with van der Waals surface area (Å²) in [5.41, 5.74) is 7.01. The molecule has 4 nitrogen and oxygen atoms in total. The van der Waals surface area contributed by atoms with Gasteiger partial charge in [0, 0.05) is 43.8 Å². The van der Waals surface area contributed by atoms with Gasteiger partial charge in [-0.3, -0.25) is 9.80 Å². The van der Waals surface area contributed by atoms with Gasteiger partial charge in [0.2, 0.25) is 0 Å². The summed E-state index contributed by atoms with van der Waals surface area (Å²) in [6.07, 6.45) is 9.07. The van der Waals surface area contributed by atoms with E-state index >= 15 is 0 Å². The average Bonchev–Trinajstić information content (AvgIpc) is 3.04. The molecule has 5 rings (SSSR count). The van der Waals surface area contributed by atoms with Crippen LogP contribution in [0.3, 0.4) is 0 Å². The molecule has 0 amide bonds. The Bertz CT molecular complexity index is 461. The zero-order valence-corrected chi connectivity index (χ0v) is 13.3. The van der Waals surface area contributed by atoms with Crippen molar-refractivity contribution < 1.29 is 4.48 Å². The predicted octanol–water partition coefficient (Wildman–Crippen LogP) is 0.768. The summed E-state index contributed by atoms with van der Waals surface area (Å²) in [7, 11) is 0. The Morgan fingerprint density at radius 3 is 2.52 bits per heavy atom. The second kappa shape index (κ2) is 4.83. The normalized spacial score (nSPS) is 46.8. The summed E-state index contributed by atoms with van der Waals surface area (Å²) >= 11 is 0. The lowest BCUT2D eigenvalue weighted by atomic mass is 9.91. The van der Waals surface area contributed by atoms with Crippen LogP contribution in [0.1, 0.15) is 19.8 Å². The van der Waals surface area contributed by atoms with Crippen molar-refractivity contribution in [3.63, 3.8) is 0 Å². The first-order chi connectivity index (χ1) is 10.1. The molecular weight excluding hydrogens is 260 g/mol. The van der Waals surface area contributed by atoms with Gasteiger partial charge in [-0.15, -0.1) is 0 Å². The number of piperazine rings is 3. The van der Waals surface area contributed by atoms with E-state index in [1.165, 1.54) is 63.3 Å². The number of quaternary nitrogens is 1. The van der Waals surface area contributed by atoms with E-state index in [2.05, 4.69) is 35.0 Å². The first-order valence-corrected chi connectivity index (χ1v) is 8.58. The van der Waals surface area contributed by atoms with Gasteiger partial charge in [0.1, 0.15) is 6.04 Å². The lowest BCUT2D eigenvalue weighted by Gasteiger charge is -2.54. The molecule has 4 heterocycles. The van der Waals surface area contributed by atoms with Crippen molar-refractivity contribution in [3.8, 4) is 0 Å². The summed E-state index contributed by atoms with van der Waals surface area (Å²) in [5.74, 6) is 0. The largest absolute Gasteiger partial charge is 0.399 e. The standard InChI is InChI=1S/C17H29N4/c1-17(5-2-15(18)3-6-17)20-7-4-16(14-20)21-11-8-19(9-12-21)10-13-21/h2-3,5,16H,4,6-14,18H2,1H3/q+1. The van der Waals surface area contributed by atoms with E-state index in [1.54, 1.807) is 0 Å². The summed E-state index contributed by atoms with van der Waals surface area (Å²) in [6.45, 7) is 13.0. The highest BCUT2D eigenvalue weighted by atomic mass is 15.5. The van der Waals surface area contributed by atoms with E-state index in [4.69, 9.17) is 5.73 Å². The van der Waals surface area contributed by atoms with Crippen LogP contribution in [0.25, 0.3) is 0 Å². The molecule has 0 aromatic heterocycles. The van der Waals surface area contributed by atoms with Gasteiger partial charge >= 0.3 is 0 Å². The summed E-state index contributed by atoms with van der Waals surface area (Å²) in [5, 5.41) is 0. The molecule has 2 bridgehead atoms. The number of rotatable bonds is 2. The number of fused-ring (bicyclic) bond motifs is 3. The summed E-state index contributed by atoms with van der Waals surface area (Å²) in [6, 6.07) is 0.862. The van der Waals surface area contributed by atoms with Crippen LogP contribution in [0.15, 0.2) is 23.9 Å². The fourth-order valence-electron chi connectivity index (χ4n) is 4.86. The number of nitrogens with zero attached hydrogens (tertiary/aromatic N) is 3. The highest BCUT2D eigenvalue weighted by Crippen LogP contribution is 2.35. The van der Waals surface area contributed by atoms with Crippen LogP contribution in [0, 0.1) is 0 Å². The third kappa shape index (κ3) is 2.24. The summed E-state index contributed by atoms with van der Waals surface area (Å²) in [4.78, 5) is 5.36. The summed E-state index contributed by atoms with van der Waals surface area (Å²) < 4.78 is 1.41. The number of hydrogen-bond donors (Lipinski definition) is 1. The Morgan fingerprint density at radius 1 is 1.19 bits per heavy atom. The average molecular weight is 289 g/mol. The van der Waals surface area contributed by atoms with Crippen LogP contribution in [0.2, 0.25) is 0 Å². The molecule has 0 aromatic carbocycles. The molecule has 4 aliphatic heterocycles. The van der Waals surface area contributed by atoms with Gasteiger partial charge < -0.3 is 10.2 Å². The Morgan fingerprint density at radius 2 is 1.90 bits per heavy atom. The molecule has 0 saturated carbocycles. The third-order valence-electron chi connectivity index (χ3n) is 6.63. The van der Waals surface area contributed by atoms with E-state index in [0.717, 1.165) is 18.2 Å². The van der Waals surface area contributed by atoms with Crippen molar-refractivity contribution in [1.82, 2.24) is 9.80 Å². The minimum atomic E-state index is 0.188. The zero-order valence-electron chi connectivity index (χ0n) is 13.3. The van der Waals surface area contributed by atoms with Gasteiger partial charge in [0.25, 0.3) is 0 Å². The van der Waals surface area contributed by atoms with Gasteiger partial charge in [-0.2, -0.15) is 0 Å². The van der Waals surface area contributed by atoms with Crippen LogP contribution in [-0.4, -0.2) is 78.2 Å². The fourth-order valence-corrected chi connectivity index (χ4v) is 4.86.